The number of aliphatic carboxylic acids is 1. The fraction of sp³-hybridized carbons (Fsp3) is 0.273. The van der Waals surface area contributed by atoms with Crippen LogP contribution in [0.3, 0.4) is 0 Å². The van der Waals surface area contributed by atoms with E-state index in [2.05, 4.69) is 0 Å². The van der Waals surface area contributed by atoms with Gasteiger partial charge < -0.3 is 15.5 Å². The molecule has 0 aliphatic rings. The van der Waals surface area contributed by atoms with Crippen LogP contribution < -0.4 is 5.32 Å². The molecule has 1 aromatic carbocycles. The lowest BCUT2D eigenvalue weighted by Gasteiger charge is -2.13. The molecule has 0 aliphatic carbocycles. The van der Waals surface area contributed by atoms with Gasteiger partial charge in [-0.25, -0.2) is 9.18 Å². The summed E-state index contributed by atoms with van der Waals surface area (Å²) in [4.78, 5) is 31.8. The van der Waals surface area contributed by atoms with Crippen molar-refractivity contribution in [3.8, 4) is 0 Å². The van der Waals surface area contributed by atoms with Crippen LogP contribution in [-0.2, 0) is 4.79 Å². The van der Waals surface area contributed by atoms with Crippen molar-refractivity contribution in [3.63, 3.8) is 0 Å². The number of benzene rings is 1. The largest absolute Gasteiger partial charge is 0.480 e. The monoisotopic (exact) mass is 304 g/mol. The Bertz CT molecular complexity index is 592. The summed E-state index contributed by atoms with van der Waals surface area (Å²) in [6.45, 7) is -0.566. The van der Waals surface area contributed by atoms with Gasteiger partial charge >= 0.3 is 11.7 Å². The predicted octanol–water partition coefficient (Wildman–Crippen LogP) is 0.438. The molecular formula is C11H10F2N2O6. The summed E-state index contributed by atoms with van der Waals surface area (Å²) in [5.74, 6) is -5.63. The highest BCUT2D eigenvalue weighted by Gasteiger charge is 2.27. The van der Waals surface area contributed by atoms with Crippen LogP contribution in [0.1, 0.15) is 16.8 Å². The lowest BCUT2D eigenvalue weighted by Crippen LogP contribution is -2.41. The number of hydrogen-bond acceptors (Lipinski definition) is 5. The first-order valence-corrected chi connectivity index (χ1v) is 5.56. The molecule has 0 aromatic heterocycles. The second-order valence-electron chi connectivity index (χ2n) is 3.92. The number of nitro benzene ring substituents is 1. The number of nitrogens with one attached hydrogen (secondary N) is 1. The molecule has 0 fully saturated rings. The van der Waals surface area contributed by atoms with Gasteiger partial charge in [0.15, 0.2) is 0 Å². The van der Waals surface area contributed by atoms with Crippen LogP contribution in [0.5, 0.6) is 0 Å². The molecule has 0 heterocycles. The molecule has 10 heteroatoms. The van der Waals surface area contributed by atoms with Gasteiger partial charge in [-0.3, -0.25) is 14.9 Å². The Balaban J connectivity index is 3.12. The molecule has 1 atom stereocenters. The van der Waals surface area contributed by atoms with Crippen molar-refractivity contribution in [2.24, 2.45) is 0 Å². The summed E-state index contributed by atoms with van der Waals surface area (Å²) in [6, 6.07) is -0.825. The second kappa shape index (κ2) is 6.70. The third-order valence-corrected chi connectivity index (χ3v) is 2.48. The molecular weight excluding hydrogens is 294 g/mol. The summed E-state index contributed by atoms with van der Waals surface area (Å²) < 4.78 is 26.9. The van der Waals surface area contributed by atoms with Crippen LogP contribution in [0.2, 0.25) is 0 Å². The Morgan fingerprint density at radius 2 is 2.00 bits per heavy atom. The minimum absolute atomic E-state index is 0.300. The van der Waals surface area contributed by atoms with E-state index in [0.29, 0.717) is 12.1 Å². The van der Waals surface area contributed by atoms with Crippen molar-refractivity contribution in [1.82, 2.24) is 5.32 Å². The number of carboxylic acid groups (broad SMARTS) is 1. The van der Waals surface area contributed by atoms with Gasteiger partial charge in [-0.2, -0.15) is 4.39 Å². The van der Waals surface area contributed by atoms with Gasteiger partial charge in [0, 0.05) is 13.0 Å². The van der Waals surface area contributed by atoms with Crippen molar-refractivity contribution in [1.29, 1.82) is 0 Å². The SMILES string of the molecule is O=C(N[C@H](CCO)C(=O)O)c1cc(F)cc([N+](=O)[O-])c1F. The summed E-state index contributed by atoms with van der Waals surface area (Å²) in [5.41, 5.74) is -2.24. The number of carboxylic acids is 1. The molecule has 1 amide bonds. The standard InChI is InChI=1S/C11H10F2N2O6/c12-5-3-6(9(13)8(4-5)15(20)21)10(17)14-7(1-2-16)11(18)19/h3-4,7,16H,1-2H2,(H,14,17)(H,18,19)/t7-/m1/s1. The number of amides is 1. The number of nitrogens with zero attached hydrogens (tertiary/aromatic N) is 1. The Morgan fingerprint density at radius 1 is 1.38 bits per heavy atom. The van der Waals surface area contributed by atoms with Crippen molar-refractivity contribution < 1.29 is 33.5 Å². The highest BCUT2D eigenvalue weighted by molar-refractivity contribution is 5.97. The number of carbonyl (C=O) groups is 2. The van der Waals surface area contributed by atoms with Gasteiger partial charge in [0.1, 0.15) is 11.9 Å². The maximum absolute atomic E-state index is 13.7. The molecule has 114 valence electrons. The van der Waals surface area contributed by atoms with E-state index in [4.69, 9.17) is 10.2 Å². The van der Waals surface area contributed by atoms with E-state index in [9.17, 15) is 28.5 Å². The van der Waals surface area contributed by atoms with Crippen LogP contribution in [0, 0.1) is 21.7 Å². The minimum Gasteiger partial charge on any atom is -0.480 e. The quantitative estimate of drug-likeness (QED) is 0.516. The average Bonchev–Trinajstić information content (AvgIpc) is 2.39. The number of halogens is 2. The number of hydrogen-bond donors (Lipinski definition) is 3. The van der Waals surface area contributed by atoms with E-state index in [0.717, 1.165) is 0 Å². The first-order valence-electron chi connectivity index (χ1n) is 5.56. The van der Waals surface area contributed by atoms with Crippen molar-refractivity contribution in [2.75, 3.05) is 6.61 Å². The predicted molar refractivity (Wildman–Crippen MR) is 63.6 cm³/mol. The van der Waals surface area contributed by atoms with E-state index in [-0.39, 0.29) is 6.42 Å². The van der Waals surface area contributed by atoms with Gasteiger partial charge in [0.25, 0.3) is 5.91 Å². The lowest BCUT2D eigenvalue weighted by molar-refractivity contribution is -0.387. The second-order valence-corrected chi connectivity index (χ2v) is 3.92. The summed E-state index contributed by atoms with van der Waals surface area (Å²) in [6.07, 6.45) is -0.361. The van der Waals surface area contributed by atoms with Gasteiger partial charge in [0.05, 0.1) is 16.6 Å². The molecule has 0 unspecified atom stereocenters. The van der Waals surface area contributed by atoms with E-state index >= 15 is 0 Å². The summed E-state index contributed by atoms with van der Waals surface area (Å²) in [5, 5.41) is 29.8. The van der Waals surface area contributed by atoms with Crippen molar-refractivity contribution in [3.05, 3.63) is 39.4 Å². The topological polar surface area (TPSA) is 130 Å². The number of aliphatic hydroxyl groups excluding tert-OH is 1. The third kappa shape index (κ3) is 3.92. The van der Waals surface area contributed by atoms with Crippen LogP contribution in [-0.4, -0.2) is 39.7 Å². The van der Waals surface area contributed by atoms with E-state index < -0.39 is 52.3 Å². The highest BCUT2D eigenvalue weighted by Crippen LogP contribution is 2.22. The van der Waals surface area contributed by atoms with E-state index in [1.807, 2.05) is 5.32 Å². The zero-order valence-corrected chi connectivity index (χ0v) is 10.4. The van der Waals surface area contributed by atoms with Gasteiger partial charge in [-0.05, 0) is 6.07 Å². The van der Waals surface area contributed by atoms with Crippen molar-refractivity contribution in [2.45, 2.75) is 12.5 Å². The Labute approximate surface area is 116 Å². The minimum atomic E-state index is -1.58. The van der Waals surface area contributed by atoms with Crippen LogP contribution in [0.25, 0.3) is 0 Å². The Hall–Kier alpha value is -2.62. The normalized spacial score (nSPS) is 11.8. The molecule has 0 spiro atoms. The van der Waals surface area contributed by atoms with Gasteiger partial charge in [0.2, 0.25) is 5.82 Å². The van der Waals surface area contributed by atoms with Crippen LogP contribution >= 0.6 is 0 Å². The maximum atomic E-state index is 13.7. The zero-order valence-electron chi connectivity index (χ0n) is 10.4. The summed E-state index contributed by atoms with van der Waals surface area (Å²) in [7, 11) is 0. The number of aliphatic hydroxyl groups is 1. The van der Waals surface area contributed by atoms with E-state index in [1.54, 1.807) is 0 Å². The maximum Gasteiger partial charge on any atom is 0.326 e. The van der Waals surface area contributed by atoms with Crippen LogP contribution in [0.4, 0.5) is 14.5 Å². The van der Waals surface area contributed by atoms with Gasteiger partial charge in [-0.15, -0.1) is 0 Å². The fourth-order valence-electron chi connectivity index (χ4n) is 1.50. The third-order valence-electron chi connectivity index (χ3n) is 2.48. The number of carbonyl (C=O) groups excluding carboxylic acids is 1. The molecule has 21 heavy (non-hydrogen) atoms. The number of nitro groups is 1. The molecule has 1 aromatic rings. The molecule has 0 saturated heterocycles. The van der Waals surface area contributed by atoms with Gasteiger partial charge in [-0.1, -0.05) is 0 Å². The average molecular weight is 304 g/mol. The first kappa shape index (κ1) is 16.4. The molecule has 0 saturated carbocycles. The molecule has 1 rings (SSSR count). The molecule has 3 N–H and O–H groups in total. The molecule has 8 nitrogen and oxygen atoms in total. The molecule has 0 aliphatic heterocycles. The fourth-order valence-corrected chi connectivity index (χ4v) is 1.50. The molecule has 0 radical (unpaired) electrons. The van der Waals surface area contributed by atoms with Crippen molar-refractivity contribution >= 4 is 17.6 Å². The smallest absolute Gasteiger partial charge is 0.326 e. The Kier molecular flexibility index (Phi) is 5.24. The lowest BCUT2D eigenvalue weighted by atomic mass is 10.1. The molecule has 0 bridgehead atoms. The Morgan fingerprint density at radius 3 is 2.48 bits per heavy atom. The number of rotatable bonds is 6. The summed E-state index contributed by atoms with van der Waals surface area (Å²) >= 11 is 0. The van der Waals surface area contributed by atoms with Crippen LogP contribution in [0.15, 0.2) is 12.1 Å². The van der Waals surface area contributed by atoms with E-state index in [1.165, 1.54) is 0 Å². The highest BCUT2D eigenvalue weighted by atomic mass is 19.1. The zero-order chi connectivity index (χ0) is 16.2. The first-order chi connectivity index (χ1) is 9.77.